The van der Waals surface area contributed by atoms with Crippen LogP contribution in [-0.4, -0.2) is 6.85 Å². The molecule has 0 saturated carbocycles. The molecule has 0 spiro atoms. The van der Waals surface area contributed by atoms with Gasteiger partial charge in [0.15, 0.2) is 0 Å². The van der Waals surface area contributed by atoms with Gasteiger partial charge in [-0.3, -0.25) is 0 Å². The van der Waals surface area contributed by atoms with Gasteiger partial charge in [-0.25, -0.2) is 0 Å². The van der Waals surface area contributed by atoms with E-state index in [9.17, 15) is 0 Å². The molecule has 2 aliphatic rings. The summed E-state index contributed by atoms with van der Waals surface area (Å²) in [6.45, 7) is 15.8. The van der Waals surface area contributed by atoms with Crippen LogP contribution in [0.15, 0.2) is 224 Å². The molecular weight excluding hydrogens is 858 g/mol. The third-order valence-electron chi connectivity index (χ3n) is 14.9. The third kappa shape index (κ3) is 7.70. The van der Waals surface area contributed by atoms with Gasteiger partial charge in [0.2, 0.25) is 0 Å². The fourth-order valence-corrected chi connectivity index (χ4v) is 11.1. The lowest BCUT2D eigenvalue weighted by Gasteiger charge is -2.46. The highest BCUT2D eigenvalue weighted by molar-refractivity contribution is 6.94. The molecular formula is C67H58BN3. The Labute approximate surface area is 420 Å². The standard InChI is InChI=1S/C67H58BN3/c1-45-18-14-17-25-60(45)70-62-42-49(47-21-12-9-13-22-47)28-40-59(62)68-65-63(70)43-50-23-15-16-24-57(50)64(65)58-44-56(39-41-61(58)71(68)55-33-26-48(27-34-55)46-19-10-8-11-20-46)69(53-35-29-51(30-36-53)66(2,3)4)54-37-31-52(32-38-54)67(5,6)7/h8-44H,1-7H3. The van der Waals surface area contributed by atoms with E-state index in [0.717, 1.165) is 22.7 Å². The molecule has 0 atom stereocenters. The van der Waals surface area contributed by atoms with Crippen LogP contribution in [0.4, 0.5) is 45.5 Å². The molecule has 3 nitrogen and oxygen atoms in total. The highest BCUT2D eigenvalue weighted by Gasteiger charge is 2.46. The molecule has 0 bridgehead atoms. The zero-order valence-corrected chi connectivity index (χ0v) is 41.8. The van der Waals surface area contributed by atoms with Crippen molar-refractivity contribution in [2.45, 2.75) is 59.3 Å². The Morgan fingerprint density at radius 2 is 0.944 bits per heavy atom. The fraction of sp³-hybridized carbons (Fsp3) is 0.134. The van der Waals surface area contributed by atoms with Crippen LogP contribution >= 0.6 is 0 Å². The van der Waals surface area contributed by atoms with E-state index in [0.29, 0.717) is 0 Å². The van der Waals surface area contributed by atoms with Gasteiger partial charge in [0.05, 0.1) is 0 Å². The predicted octanol–water partition coefficient (Wildman–Crippen LogP) is 17.3. The van der Waals surface area contributed by atoms with Crippen molar-refractivity contribution in [3.05, 3.63) is 241 Å². The van der Waals surface area contributed by atoms with Crippen molar-refractivity contribution in [2.75, 3.05) is 14.6 Å². The molecule has 12 rings (SSSR count). The molecule has 0 aromatic heterocycles. The van der Waals surface area contributed by atoms with E-state index in [2.05, 4.69) is 288 Å². The maximum Gasteiger partial charge on any atom is 0.333 e. The Hall–Kier alpha value is -8.08. The summed E-state index contributed by atoms with van der Waals surface area (Å²) >= 11 is 0. The molecule has 2 aliphatic heterocycles. The van der Waals surface area contributed by atoms with Gasteiger partial charge in [-0.1, -0.05) is 193 Å². The van der Waals surface area contributed by atoms with Crippen molar-refractivity contribution in [1.82, 2.24) is 0 Å². The summed E-state index contributed by atoms with van der Waals surface area (Å²) in [7, 11) is 0. The van der Waals surface area contributed by atoms with Crippen LogP contribution in [0.1, 0.15) is 58.2 Å². The van der Waals surface area contributed by atoms with Gasteiger partial charge in [0.25, 0.3) is 0 Å². The van der Waals surface area contributed by atoms with Crippen molar-refractivity contribution in [1.29, 1.82) is 0 Å². The Morgan fingerprint density at radius 3 is 1.56 bits per heavy atom. The van der Waals surface area contributed by atoms with Crippen molar-refractivity contribution in [2.24, 2.45) is 0 Å². The largest absolute Gasteiger partial charge is 0.376 e. The molecule has 10 aromatic carbocycles. The van der Waals surface area contributed by atoms with E-state index in [1.54, 1.807) is 0 Å². The SMILES string of the molecule is Cc1ccccc1N1c2cc(-c3ccccc3)ccc2B2c3c1cc1ccccc1c3-c1cc(N(c3ccc(C(C)(C)C)cc3)c3ccc(C(C)(C)C)cc3)ccc1N2c1ccc(-c2ccccc2)cc1. The average molecular weight is 916 g/mol. The smallest absolute Gasteiger partial charge is 0.333 e. The number of benzene rings is 10. The summed E-state index contributed by atoms with van der Waals surface area (Å²) in [4.78, 5) is 7.64. The molecule has 0 aliphatic carbocycles. The zero-order chi connectivity index (χ0) is 48.6. The Kier molecular flexibility index (Phi) is 10.6. The maximum atomic E-state index is 2.63. The van der Waals surface area contributed by atoms with E-state index in [4.69, 9.17) is 0 Å². The van der Waals surface area contributed by atoms with Crippen LogP contribution in [0.2, 0.25) is 0 Å². The molecule has 71 heavy (non-hydrogen) atoms. The second-order valence-electron chi connectivity index (χ2n) is 21.5. The first kappa shape index (κ1) is 44.2. The molecule has 344 valence electrons. The van der Waals surface area contributed by atoms with Crippen LogP contribution in [0, 0.1) is 6.92 Å². The molecule has 0 radical (unpaired) electrons. The van der Waals surface area contributed by atoms with E-state index in [1.807, 2.05) is 0 Å². The number of para-hydroxylation sites is 1. The summed E-state index contributed by atoms with van der Waals surface area (Å²) < 4.78 is 0. The minimum absolute atomic E-state index is 0.0319. The number of hydrogen-bond acceptors (Lipinski definition) is 3. The topological polar surface area (TPSA) is 9.72 Å². The average Bonchev–Trinajstić information content (AvgIpc) is 3.39. The van der Waals surface area contributed by atoms with Crippen LogP contribution in [0.25, 0.3) is 44.2 Å². The van der Waals surface area contributed by atoms with E-state index >= 15 is 0 Å². The lowest BCUT2D eigenvalue weighted by Crippen LogP contribution is -2.61. The molecule has 0 saturated heterocycles. The highest BCUT2D eigenvalue weighted by atomic mass is 15.2. The first-order valence-corrected chi connectivity index (χ1v) is 25.1. The van der Waals surface area contributed by atoms with Crippen LogP contribution in [0.5, 0.6) is 0 Å². The summed E-state index contributed by atoms with van der Waals surface area (Å²) in [5.74, 6) is 0. The Morgan fingerprint density at radius 1 is 0.408 bits per heavy atom. The molecule has 2 heterocycles. The van der Waals surface area contributed by atoms with Gasteiger partial charge in [0.1, 0.15) is 0 Å². The number of aryl methyl sites for hydroxylation is 1. The van der Waals surface area contributed by atoms with Crippen molar-refractivity contribution in [3.8, 4) is 33.4 Å². The first-order chi connectivity index (χ1) is 34.4. The maximum absolute atomic E-state index is 2.63. The van der Waals surface area contributed by atoms with Crippen LogP contribution in [-0.2, 0) is 10.8 Å². The van der Waals surface area contributed by atoms with Gasteiger partial charge >= 0.3 is 6.85 Å². The molecule has 0 N–H and O–H groups in total. The van der Waals surface area contributed by atoms with Gasteiger partial charge in [0, 0.05) is 51.1 Å². The van der Waals surface area contributed by atoms with Gasteiger partial charge in [-0.05, 0) is 157 Å². The fourth-order valence-electron chi connectivity index (χ4n) is 11.1. The number of rotatable bonds is 7. The second kappa shape index (κ2) is 17.1. The number of nitrogens with zero attached hydrogens (tertiary/aromatic N) is 3. The normalized spacial score (nSPS) is 12.9. The summed E-state index contributed by atoms with van der Waals surface area (Å²) in [5, 5.41) is 2.46. The quantitative estimate of drug-likeness (QED) is 0.148. The number of anilines is 8. The van der Waals surface area contributed by atoms with Gasteiger partial charge in [-0.15, -0.1) is 0 Å². The minimum atomic E-state index is -0.142. The first-order valence-electron chi connectivity index (χ1n) is 25.1. The van der Waals surface area contributed by atoms with E-state index in [1.165, 1.54) is 94.5 Å². The van der Waals surface area contributed by atoms with Crippen molar-refractivity contribution in [3.63, 3.8) is 0 Å². The van der Waals surface area contributed by atoms with Gasteiger partial charge in [-0.2, -0.15) is 0 Å². The van der Waals surface area contributed by atoms with Gasteiger partial charge < -0.3 is 14.6 Å². The molecule has 10 aromatic rings. The number of hydrogen-bond donors (Lipinski definition) is 0. The zero-order valence-electron chi connectivity index (χ0n) is 41.8. The molecule has 4 heteroatoms. The van der Waals surface area contributed by atoms with Crippen LogP contribution < -0.4 is 25.5 Å². The number of fused-ring (bicyclic) bond motifs is 6. The van der Waals surface area contributed by atoms with E-state index < -0.39 is 0 Å². The van der Waals surface area contributed by atoms with Crippen molar-refractivity contribution >= 4 is 74.0 Å². The van der Waals surface area contributed by atoms with Crippen molar-refractivity contribution < 1.29 is 0 Å². The summed E-state index contributed by atoms with van der Waals surface area (Å²) in [6.07, 6.45) is 0. The second-order valence-corrected chi connectivity index (χ2v) is 21.5. The lowest BCUT2D eigenvalue weighted by atomic mass is 9.43. The third-order valence-corrected chi connectivity index (χ3v) is 14.9. The Bertz CT molecular complexity index is 3550. The van der Waals surface area contributed by atoms with Crippen LogP contribution in [0.3, 0.4) is 0 Å². The molecule has 0 fully saturated rings. The summed E-state index contributed by atoms with van der Waals surface area (Å²) in [5.41, 5.74) is 23.0. The predicted molar refractivity (Wildman–Crippen MR) is 305 cm³/mol. The summed E-state index contributed by atoms with van der Waals surface area (Å²) in [6, 6.07) is 83.9. The lowest BCUT2D eigenvalue weighted by molar-refractivity contribution is 0.590. The molecule has 0 unspecified atom stereocenters. The Balaban J connectivity index is 1.15. The molecule has 0 amide bonds. The monoisotopic (exact) mass is 915 g/mol. The highest BCUT2D eigenvalue weighted by Crippen LogP contribution is 2.51. The van der Waals surface area contributed by atoms with E-state index in [-0.39, 0.29) is 17.7 Å². The minimum Gasteiger partial charge on any atom is -0.376 e.